The van der Waals surface area contributed by atoms with Crippen LogP contribution in [0, 0.1) is 17.3 Å². The lowest BCUT2D eigenvalue weighted by Crippen LogP contribution is -2.60. The van der Waals surface area contributed by atoms with E-state index < -0.39 is 28.2 Å². The van der Waals surface area contributed by atoms with Gasteiger partial charge in [0.05, 0.1) is 16.6 Å². The van der Waals surface area contributed by atoms with Gasteiger partial charge < -0.3 is 19.8 Å². The summed E-state index contributed by atoms with van der Waals surface area (Å²) in [4.78, 5) is 48.1. The van der Waals surface area contributed by atoms with E-state index in [9.17, 15) is 19.5 Å². The molecule has 220 valence electrons. The van der Waals surface area contributed by atoms with Gasteiger partial charge in [-0.2, -0.15) is 0 Å². The van der Waals surface area contributed by atoms with E-state index in [1.165, 1.54) is 0 Å². The number of unbranched alkanes of at least 4 members (excludes halogenated alkanes) is 3. The average molecular weight is 562 g/mol. The third-order valence-electron chi connectivity index (χ3n) is 8.68. The molecule has 0 aromatic heterocycles. The van der Waals surface area contributed by atoms with Gasteiger partial charge in [0.1, 0.15) is 6.04 Å². The highest BCUT2D eigenvalue weighted by atomic mass is 32.2. The summed E-state index contributed by atoms with van der Waals surface area (Å²) < 4.78 is -0.587. The fourth-order valence-electron chi connectivity index (χ4n) is 7.55. The lowest BCUT2D eigenvalue weighted by Gasteiger charge is -2.46. The number of likely N-dealkylation sites (N-methyl/N-ethyl adjacent to an activating group) is 1. The number of likely N-dealkylation sites (tertiary alicyclic amines) is 1. The molecule has 0 aromatic rings. The first-order valence-electron chi connectivity index (χ1n) is 14.6. The number of carbonyl (C=O) groups is 3. The Kier molecular flexibility index (Phi) is 10.1. The van der Waals surface area contributed by atoms with Crippen molar-refractivity contribution in [2.45, 2.75) is 101 Å². The van der Waals surface area contributed by atoms with Crippen LogP contribution < -0.4 is 0 Å². The van der Waals surface area contributed by atoms with E-state index in [0.29, 0.717) is 19.6 Å². The number of thioether (sulfide) groups is 1. The van der Waals surface area contributed by atoms with Crippen molar-refractivity contribution in [3.63, 3.8) is 0 Å². The number of nitrogens with zero attached hydrogens (tertiary/aromatic N) is 3. The molecule has 0 saturated carbocycles. The molecule has 39 heavy (non-hydrogen) atoms. The zero-order valence-corrected chi connectivity index (χ0v) is 25.9. The number of amides is 3. The number of aliphatic hydroxyl groups excluding tert-OH is 1. The van der Waals surface area contributed by atoms with Gasteiger partial charge in [-0.1, -0.05) is 45.8 Å². The van der Waals surface area contributed by atoms with E-state index in [1.54, 1.807) is 35.9 Å². The van der Waals surface area contributed by atoms with Crippen LogP contribution in [0.1, 0.15) is 79.6 Å². The van der Waals surface area contributed by atoms with Crippen molar-refractivity contribution in [1.29, 1.82) is 0 Å². The van der Waals surface area contributed by atoms with Crippen molar-refractivity contribution in [2.24, 2.45) is 17.3 Å². The third-order valence-corrected chi connectivity index (χ3v) is 10.6. The molecule has 3 amide bonds. The molecule has 3 saturated heterocycles. The molecule has 3 fully saturated rings. The van der Waals surface area contributed by atoms with Gasteiger partial charge in [-0.25, -0.2) is 0 Å². The zero-order valence-electron chi connectivity index (χ0n) is 25.1. The second-order valence-corrected chi connectivity index (χ2v) is 15.1. The standard InChI is InChI=1S/C31H51N3O4S/c1-9-17-32(8)26(36)23-22-15-16-31(39-22)24(23)27(37)33(19-13-11-12-14-20-35)25(31)28(38)34(18-10-2)30(6,7)21-29(3,4)5/h9-10,22-25,35H,1-2,11-21H2,3-8H3/t22-,23+,24-,25?,31?/m0/s1. The highest BCUT2D eigenvalue weighted by molar-refractivity contribution is 8.02. The topological polar surface area (TPSA) is 81.2 Å². The monoisotopic (exact) mass is 561 g/mol. The molecular formula is C31H51N3O4S. The van der Waals surface area contributed by atoms with Crippen LogP contribution in [-0.4, -0.2) is 92.4 Å². The minimum Gasteiger partial charge on any atom is -0.396 e. The summed E-state index contributed by atoms with van der Waals surface area (Å²) in [6, 6.07) is -0.593. The van der Waals surface area contributed by atoms with Crippen LogP contribution in [-0.2, 0) is 14.4 Å². The molecule has 1 N–H and O–H groups in total. The molecule has 3 aliphatic rings. The van der Waals surface area contributed by atoms with E-state index in [0.717, 1.165) is 44.9 Å². The number of aliphatic hydroxyl groups is 1. The van der Waals surface area contributed by atoms with Gasteiger partial charge in [-0.15, -0.1) is 24.9 Å². The molecule has 3 heterocycles. The Balaban J connectivity index is 2.02. The van der Waals surface area contributed by atoms with E-state index >= 15 is 0 Å². The van der Waals surface area contributed by atoms with Gasteiger partial charge in [-0.3, -0.25) is 14.4 Å². The largest absolute Gasteiger partial charge is 0.396 e. The molecule has 8 heteroatoms. The normalized spacial score (nSPS) is 28.0. The Hall–Kier alpha value is -1.80. The number of carbonyl (C=O) groups excluding carboxylic acids is 3. The lowest BCUT2D eigenvalue weighted by molar-refractivity contribution is -0.147. The molecule has 2 unspecified atom stereocenters. The first-order chi connectivity index (χ1) is 18.3. The Bertz CT molecular complexity index is 945. The first-order valence-corrected chi connectivity index (χ1v) is 15.5. The minimum absolute atomic E-state index is 0.00965. The van der Waals surface area contributed by atoms with Crippen LogP contribution in [0.3, 0.4) is 0 Å². The fourth-order valence-corrected chi connectivity index (χ4v) is 9.75. The molecule has 3 rings (SSSR count). The van der Waals surface area contributed by atoms with Crippen LogP contribution >= 0.6 is 11.8 Å². The van der Waals surface area contributed by atoms with E-state index in [1.807, 2.05) is 9.80 Å². The summed E-state index contributed by atoms with van der Waals surface area (Å²) in [5, 5.41) is 9.23. The fraction of sp³-hybridized carbons (Fsp3) is 0.774. The van der Waals surface area contributed by atoms with E-state index in [2.05, 4.69) is 47.8 Å². The molecule has 0 aromatic carbocycles. The predicted molar refractivity (Wildman–Crippen MR) is 159 cm³/mol. The molecule has 0 radical (unpaired) electrons. The number of rotatable bonds is 14. The maximum atomic E-state index is 14.7. The van der Waals surface area contributed by atoms with Gasteiger partial charge in [0, 0.05) is 44.1 Å². The van der Waals surface area contributed by atoms with Crippen molar-refractivity contribution >= 4 is 29.5 Å². The SMILES string of the molecule is C=CCN(C)C(=O)[C@@H]1[C@@H]2CCC3(S2)C(C(=O)N(CC=C)C(C)(C)CC(C)(C)C)N(CCCCCCO)C(=O)[C@H]13. The number of hydrogen-bond acceptors (Lipinski definition) is 5. The lowest BCUT2D eigenvalue weighted by atomic mass is 9.70. The highest BCUT2D eigenvalue weighted by Crippen LogP contribution is 2.66. The van der Waals surface area contributed by atoms with Gasteiger partial charge in [0.2, 0.25) is 17.7 Å². The molecule has 5 atom stereocenters. The third kappa shape index (κ3) is 6.27. The average Bonchev–Trinajstić information content (AvgIpc) is 3.47. The zero-order chi connectivity index (χ0) is 29.2. The first kappa shape index (κ1) is 31.7. The smallest absolute Gasteiger partial charge is 0.247 e. The summed E-state index contributed by atoms with van der Waals surface area (Å²) in [6.45, 7) is 20.0. The molecule has 1 spiro atoms. The molecule has 0 aliphatic carbocycles. The van der Waals surface area contributed by atoms with Crippen molar-refractivity contribution in [2.75, 3.05) is 33.3 Å². The van der Waals surface area contributed by atoms with E-state index in [4.69, 9.17) is 0 Å². The molecule has 3 aliphatic heterocycles. The molecule has 2 bridgehead atoms. The van der Waals surface area contributed by atoms with Crippen LogP contribution in [0.25, 0.3) is 0 Å². The van der Waals surface area contributed by atoms with Crippen molar-refractivity contribution in [3.8, 4) is 0 Å². The van der Waals surface area contributed by atoms with Crippen LogP contribution in [0.2, 0.25) is 0 Å². The number of fused-ring (bicyclic) bond motifs is 1. The summed E-state index contributed by atoms with van der Waals surface area (Å²) in [5.41, 5.74) is -0.426. The molecular weight excluding hydrogens is 510 g/mol. The quantitative estimate of drug-likeness (QED) is 0.249. The number of hydrogen-bond donors (Lipinski definition) is 1. The summed E-state index contributed by atoms with van der Waals surface area (Å²) in [5.74, 6) is -0.965. The predicted octanol–water partition coefficient (Wildman–Crippen LogP) is 4.50. The summed E-state index contributed by atoms with van der Waals surface area (Å²) in [7, 11) is 1.77. The van der Waals surface area contributed by atoms with Crippen molar-refractivity contribution in [1.82, 2.24) is 14.7 Å². The Morgan fingerprint density at radius 2 is 1.72 bits per heavy atom. The minimum atomic E-state index is -0.593. The Morgan fingerprint density at radius 1 is 1.08 bits per heavy atom. The van der Waals surface area contributed by atoms with Gasteiger partial charge in [0.15, 0.2) is 0 Å². The molecule has 7 nitrogen and oxygen atoms in total. The second kappa shape index (κ2) is 12.4. The maximum absolute atomic E-state index is 14.7. The van der Waals surface area contributed by atoms with Crippen LogP contribution in [0.4, 0.5) is 0 Å². The second-order valence-electron chi connectivity index (χ2n) is 13.5. The van der Waals surface area contributed by atoms with Crippen LogP contribution in [0.5, 0.6) is 0 Å². The summed E-state index contributed by atoms with van der Waals surface area (Å²) in [6.07, 6.45) is 9.19. The highest BCUT2D eigenvalue weighted by Gasteiger charge is 2.74. The Labute approximate surface area is 240 Å². The van der Waals surface area contributed by atoms with Crippen LogP contribution in [0.15, 0.2) is 25.3 Å². The van der Waals surface area contributed by atoms with Gasteiger partial charge in [-0.05, 0) is 51.4 Å². The Morgan fingerprint density at radius 3 is 2.31 bits per heavy atom. The van der Waals surface area contributed by atoms with Crippen molar-refractivity contribution in [3.05, 3.63) is 25.3 Å². The van der Waals surface area contributed by atoms with Crippen molar-refractivity contribution < 1.29 is 19.5 Å². The summed E-state index contributed by atoms with van der Waals surface area (Å²) >= 11 is 1.73. The maximum Gasteiger partial charge on any atom is 0.247 e. The van der Waals surface area contributed by atoms with E-state index in [-0.39, 0.29) is 35.0 Å². The van der Waals surface area contributed by atoms with Gasteiger partial charge in [0.25, 0.3) is 0 Å². The van der Waals surface area contributed by atoms with Gasteiger partial charge >= 0.3 is 0 Å².